The largest absolute Gasteiger partial charge is 0.391 e. The highest BCUT2D eigenvalue weighted by Crippen LogP contribution is 2.02. The average molecular weight is 237 g/mol. The van der Waals surface area contributed by atoms with Crippen LogP contribution in [0.25, 0.3) is 0 Å². The third-order valence-electron chi connectivity index (χ3n) is 2.71. The predicted molar refractivity (Wildman–Crippen MR) is 70.1 cm³/mol. The van der Waals surface area contributed by atoms with E-state index in [1.165, 1.54) is 5.56 Å². The molecule has 2 unspecified atom stereocenters. The third-order valence-corrected chi connectivity index (χ3v) is 2.71. The van der Waals surface area contributed by atoms with E-state index in [1.807, 2.05) is 6.07 Å². The van der Waals surface area contributed by atoms with Crippen molar-refractivity contribution in [1.29, 1.82) is 0 Å². The summed E-state index contributed by atoms with van der Waals surface area (Å²) in [5, 5.41) is 12.9. The highest BCUT2D eigenvalue weighted by molar-refractivity contribution is 5.15. The fraction of sp³-hybridized carbons (Fsp3) is 0.571. The van der Waals surface area contributed by atoms with E-state index in [9.17, 15) is 5.11 Å². The molecule has 2 atom stereocenters. The zero-order valence-electron chi connectivity index (χ0n) is 10.7. The molecule has 3 nitrogen and oxygen atoms in total. The Balaban J connectivity index is 2.15. The molecule has 0 bridgehead atoms. The van der Waals surface area contributed by atoms with Crippen molar-refractivity contribution in [1.82, 2.24) is 5.32 Å². The molecule has 0 aliphatic heterocycles. The molecule has 96 valence electrons. The summed E-state index contributed by atoms with van der Waals surface area (Å²) in [7, 11) is 1.61. The van der Waals surface area contributed by atoms with Crippen LogP contribution in [0.1, 0.15) is 18.9 Å². The van der Waals surface area contributed by atoms with Crippen LogP contribution in [0.15, 0.2) is 30.3 Å². The molecule has 0 fully saturated rings. The Morgan fingerprint density at radius 1 is 1.29 bits per heavy atom. The van der Waals surface area contributed by atoms with Crippen LogP contribution < -0.4 is 5.32 Å². The number of benzene rings is 1. The van der Waals surface area contributed by atoms with E-state index in [2.05, 4.69) is 36.5 Å². The molecule has 0 aliphatic carbocycles. The van der Waals surface area contributed by atoms with E-state index < -0.39 is 0 Å². The van der Waals surface area contributed by atoms with Gasteiger partial charge in [-0.05, 0) is 31.9 Å². The first-order valence-electron chi connectivity index (χ1n) is 6.16. The van der Waals surface area contributed by atoms with Gasteiger partial charge in [0.2, 0.25) is 0 Å². The first-order chi connectivity index (χ1) is 8.22. The van der Waals surface area contributed by atoms with Crippen LogP contribution in [0.2, 0.25) is 0 Å². The minimum atomic E-state index is -0.364. The Labute approximate surface area is 104 Å². The van der Waals surface area contributed by atoms with Gasteiger partial charge in [0.05, 0.1) is 12.7 Å². The zero-order chi connectivity index (χ0) is 12.5. The van der Waals surface area contributed by atoms with E-state index in [0.717, 1.165) is 19.4 Å². The lowest BCUT2D eigenvalue weighted by atomic mass is 10.1. The van der Waals surface area contributed by atoms with Crippen LogP contribution in [0.5, 0.6) is 0 Å². The van der Waals surface area contributed by atoms with Crippen molar-refractivity contribution in [3.05, 3.63) is 35.9 Å². The van der Waals surface area contributed by atoms with Gasteiger partial charge in [0.25, 0.3) is 0 Å². The Kier molecular flexibility index (Phi) is 6.86. The van der Waals surface area contributed by atoms with Crippen molar-refractivity contribution in [3.63, 3.8) is 0 Å². The minimum Gasteiger partial charge on any atom is -0.391 e. The maximum atomic E-state index is 9.49. The third kappa shape index (κ3) is 6.41. The van der Waals surface area contributed by atoms with Gasteiger partial charge in [0, 0.05) is 13.2 Å². The molecule has 0 aliphatic rings. The highest BCUT2D eigenvalue weighted by atomic mass is 16.5. The molecular formula is C14H23NO2. The molecule has 0 heterocycles. The highest BCUT2D eigenvalue weighted by Gasteiger charge is 2.05. The van der Waals surface area contributed by atoms with Gasteiger partial charge < -0.3 is 15.2 Å². The smallest absolute Gasteiger partial charge is 0.0785 e. The molecule has 1 aromatic rings. The number of aliphatic hydroxyl groups excluding tert-OH is 1. The second-order valence-corrected chi connectivity index (χ2v) is 4.44. The number of hydrogen-bond acceptors (Lipinski definition) is 3. The second kappa shape index (κ2) is 8.23. The van der Waals surface area contributed by atoms with Gasteiger partial charge in [0.1, 0.15) is 0 Å². The molecule has 0 saturated carbocycles. The Hall–Kier alpha value is -0.900. The van der Waals surface area contributed by atoms with Gasteiger partial charge in [-0.2, -0.15) is 0 Å². The molecule has 0 spiro atoms. The quantitative estimate of drug-likeness (QED) is 0.721. The minimum absolute atomic E-state index is 0.364. The summed E-state index contributed by atoms with van der Waals surface area (Å²) in [6.45, 7) is 3.39. The van der Waals surface area contributed by atoms with Crippen LogP contribution in [-0.2, 0) is 11.2 Å². The number of methoxy groups -OCH3 is 1. The summed E-state index contributed by atoms with van der Waals surface area (Å²) in [5.74, 6) is 0. The van der Waals surface area contributed by atoms with Crippen LogP contribution in [0.4, 0.5) is 0 Å². The summed E-state index contributed by atoms with van der Waals surface area (Å²) in [4.78, 5) is 0. The summed E-state index contributed by atoms with van der Waals surface area (Å²) >= 11 is 0. The van der Waals surface area contributed by atoms with Crippen LogP contribution in [0.3, 0.4) is 0 Å². The lowest BCUT2D eigenvalue weighted by Crippen LogP contribution is -2.31. The molecule has 0 saturated heterocycles. The monoisotopic (exact) mass is 237 g/mol. The number of hydrogen-bond donors (Lipinski definition) is 2. The fourth-order valence-electron chi connectivity index (χ4n) is 1.81. The standard InChI is InChI=1S/C14H23NO2/c1-12(10-13-6-4-3-5-7-13)15-9-8-14(16)11-17-2/h3-7,12,14-16H,8-11H2,1-2H3. The first kappa shape index (κ1) is 14.2. The van der Waals surface area contributed by atoms with Gasteiger partial charge >= 0.3 is 0 Å². The van der Waals surface area contributed by atoms with Crippen LogP contribution in [-0.4, -0.2) is 37.5 Å². The lowest BCUT2D eigenvalue weighted by molar-refractivity contribution is 0.0591. The molecule has 2 N–H and O–H groups in total. The topological polar surface area (TPSA) is 41.5 Å². The summed E-state index contributed by atoms with van der Waals surface area (Å²) in [6, 6.07) is 10.8. The van der Waals surface area contributed by atoms with E-state index in [-0.39, 0.29) is 6.10 Å². The molecular weight excluding hydrogens is 214 g/mol. The predicted octanol–water partition coefficient (Wildman–Crippen LogP) is 1.60. The SMILES string of the molecule is COCC(O)CCNC(C)Cc1ccccc1. The maximum Gasteiger partial charge on any atom is 0.0785 e. The van der Waals surface area contributed by atoms with Crippen molar-refractivity contribution < 1.29 is 9.84 Å². The Morgan fingerprint density at radius 2 is 2.00 bits per heavy atom. The lowest BCUT2D eigenvalue weighted by Gasteiger charge is -2.15. The number of nitrogens with one attached hydrogen (secondary N) is 1. The molecule has 1 rings (SSSR count). The molecule has 0 amide bonds. The van der Waals surface area contributed by atoms with E-state index in [4.69, 9.17) is 4.74 Å². The molecule has 0 radical (unpaired) electrons. The maximum absolute atomic E-state index is 9.49. The number of ether oxygens (including phenoxy) is 1. The van der Waals surface area contributed by atoms with E-state index in [1.54, 1.807) is 7.11 Å². The van der Waals surface area contributed by atoms with Crippen molar-refractivity contribution in [2.75, 3.05) is 20.3 Å². The Morgan fingerprint density at radius 3 is 2.65 bits per heavy atom. The molecule has 3 heteroatoms. The van der Waals surface area contributed by atoms with Crippen molar-refractivity contribution in [2.24, 2.45) is 0 Å². The summed E-state index contributed by atoms with van der Waals surface area (Å²) in [5.41, 5.74) is 1.34. The Bertz CT molecular complexity index is 290. The number of aliphatic hydroxyl groups is 1. The van der Waals surface area contributed by atoms with E-state index >= 15 is 0 Å². The molecule has 1 aromatic carbocycles. The number of rotatable bonds is 8. The normalized spacial score (nSPS) is 14.5. The van der Waals surface area contributed by atoms with Gasteiger partial charge in [-0.3, -0.25) is 0 Å². The van der Waals surface area contributed by atoms with Crippen molar-refractivity contribution in [3.8, 4) is 0 Å². The van der Waals surface area contributed by atoms with Crippen molar-refractivity contribution in [2.45, 2.75) is 31.9 Å². The zero-order valence-corrected chi connectivity index (χ0v) is 10.7. The van der Waals surface area contributed by atoms with Crippen LogP contribution >= 0.6 is 0 Å². The summed E-state index contributed by atoms with van der Waals surface area (Å²) in [6.07, 6.45) is 1.38. The van der Waals surface area contributed by atoms with Gasteiger partial charge in [-0.25, -0.2) is 0 Å². The fourth-order valence-corrected chi connectivity index (χ4v) is 1.81. The van der Waals surface area contributed by atoms with Gasteiger partial charge in [-0.15, -0.1) is 0 Å². The second-order valence-electron chi connectivity index (χ2n) is 4.44. The average Bonchev–Trinajstić information content (AvgIpc) is 2.30. The first-order valence-corrected chi connectivity index (χ1v) is 6.16. The van der Waals surface area contributed by atoms with Gasteiger partial charge in [0.15, 0.2) is 0 Å². The van der Waals surface area contributed by atoms with Gasteiger partial charge in [-0.1, -0.05) is 30.3 Å². The van der Waals surface area contributed by atoms with Crippen LogP contribution in [0, 0.1) is 0 Å². The van der Waals surface area contributed by atoms with E-state index in [0.29, 0.717) is 12.6 Å². The summed E-state index contributed by atoms with van der Waals surface area (Å²) < 4.78 is 4.88. The van der Waals surface area contributed by atoms with Crippen molar-refractivity contribution >= 4 is 0 Å². The molecule has 0 aromatic heterocycles. The molecule has 17 heavy (non-hydrogen) atoms.